The predicted molar refractivity (Wildman–Crippen MR) is 77.9 cm³/mol. The summed E-state index contributed by atoms with van der Waals surface area (Å²) in [6, 6.07) is 5.63. The molecule has 0 aliphatic rings. The normalized spacial score (nSPS) is 10.1. The number of hydrogen-bond donors (Lipinski definition) is 1. The summed E-state index contributed by atoms with van der Waals surface area (Å²) in [5.41, 5.74) is 1.16. The summed E-state index contributed by atoms with van der Waals surface area (Å²) >= 11 is 1.56. The standard InChI is InChI=1S/C14H19NO2S/c1-4-10-15(5-2)11-8-7-9-12(18-6-3)13(11)14(16)17/h4,7-9H,1,5-6,10H2,2-3H3,(H,16,17). The number of carboxylic acid groups (broad SMARTS) is 1. The highest BCUT2D eigenvalue weighted by atomic mass is 32.2. The molecule has 0 aliphatic heterocycles. The highest BCUT2D eigenvalue weighted by Gasteiger charge is 2.18. The Hall–Kier alpha value is -1.42. The molecular weight excluding hydrogens is 246 g/mol. The first-order valence-electron chi connectivity index (χ1n) is 6.00. The maximum absolute atomic E-state index is 11.5. The number of carbonyl (C=O) groups is 1. The van der Waals surface area contributed by atoms with Crippen LogP contribution in [0.2, 0.25) is 0 Å². The van der Waals surface area contributed by atoms with Gasteiger partial charge in [-0.2, -0.15) is 0 Å². The summed E-state index contributed by atoms with van der Waals surface area (Å²) in [4.78, 5) is 14.3. The molecule has 4 heteroatoms. The number of rotatable bonds is 7. The van der Waals surface area contributed by atoms with Crippen LogP contribution in [0.25, 0.3) is 0 Å². The molecule has 0 aromatic heterocycles. The van der Waals surface area contributed by atoms with Crippen LogP contribution in [0.15, 0.2) is 35.7 Å². The number of carboxylic acids is 1. The maximum Gasteiger partial charge on any atom is 0.338 e. The van der Waals surface area contributed by atoms with E-state index in [1.165, 1.54) is 0 Å². The minimum absolute atomic E-state index is 0.396. The number of thioether (sulfide) groups is 1. The zero-order valence-corrected chi connectivity index (χ0v) is 11.7. The number of likely N-dealkylation sites (N-methyl/N-ethyl adjacent to an activating group) is 1. The number of nitrogens with zero attached hydrogens (tertiary/aromatic N) is 1. The SMILES string of the molecule is C=CCN(CC)c1cccc(SCC)c1C(=O)O. The van der Waals surface area contributed by atoms with E-state index < -0.39 is 5.97 Å². The van der Waals surface area contributed by atoms with Crippen molar-refractivity contribution in [2.45, 2.75) is 18.7 Å². The van der Waals surface area contributed by atoms with E-state index in [-0.39, 0.29) is 0 Å². The molecule has 0 atom stereocenters. The molecule has 0 saturated carbocycles. The molecule has 0 unspecified atom stereocenters. The van der Waals surface area contributed by atoms with Crippen LogP contribution < -0.4 is 4.90 Å². The summed E-state index contributed by atoms with van der Waals surface area (Å²) in [5, 5.41) is 9.42. The molecule has 0 fully saturated rings. The van der Waals surface area contributed by atoms with Crippen molar-refractivity contribution in [2.75, 3.05) is 23.7 Å². The predicted octanol–water partition coefficient (Wildman–Crippen LogP) is 3.51. The van der Waals surface area contributed by atoms with Crippen molar-refractivity contribution in [3.05, 3.63) is 36.4 Å². The van der Waals surface area contributed by atoms with Gasteiger partial charge in [0.2, 0.25) is 0 Å². The van der Waals surface area contributed by atoms with Crippen molar-refractivity contribution in [3.63, 3.8) is 0 Å². The Labute approximate surface area is 113 Å². The number of aromatic carboxylic acids is 1. The molecule has 18 heavy (non-hydrogen) atoms. The van der Waals surface area contributed by atoms with Crippen LogP contribution >= 0.6 is 11.8 Å². The number of anilines is 1. The molecule has 0 spiro atoms. The van der Waals surface area contributed by atoms with Crippen molar-refractivity contribution in [3.8, 4) is 0 Å². The van der Waals surface area contributed by atoms with Gasteiger partial charge in [-0.1, -0.05) is 19.1 Å². The van der Waals surface area contributed by atoms with Crippen molar-refractivity contribution in [2.24, 2.45) is 0 Å². The lowest BCUT2D eigenvalue weighted by molar-refractivity contribution is 0.0694. The van der Waals surface area contributed by atoms with E-state index in [1.807, 2.05) is 36.9 Å². The summed E-state index contributed by atoms with van der Waals surface area (Å²) in [5.74, 6) is -0.0128. The van der Waals surface area contributed by atoms with Crippen molar-refractivity contribution in [1.82, 2.24) is 0 Å². The van der Waals surface area contributed by atoms with Gasteiger partial charge in [0.1, 0.15) is 0 Å². The molecule has 0 saturated heterocycles. The molecule has 0 heterocycles. The quantitative estimate of drug-likeness (QED) is 0.605. The monoisotopic (exact) mass is 265 g/mol. The molecule has 3 nitrogen and oxygen atoms in total. The van der Waals surface area contributed by atoms with Crippen LogP contribution in [0.1, 0.15) is 24.2 Å². The molecule has 98 valence electrons. The van der Waals surface area contributed by atoms with Gasteiger partial charge in [-0.15, -0.1) is 18.3 Å². The average molecular weight is 265 g/mol. The van der Waals surface area contributed by atoms with E-state index >= 15 is 0 Å². The number of benzene rings is 1. The Morgan fingerprint density at radius 2 is 2.22 bits per heavy atom. The highest BCUT2D eigenvalue weighted by Crippen LogP contribution is 2.30. The third-order valence-electron chi connectivity index (χ3n) is 2.59. The van der Waals surface area contributed by atoms with Crippen LogP contribution in [0.5, 0.6) is 0 Å². The molecule has 0 radical (unpaired) electrons. The Kier molecular flexibility index (Phi) is 5.78. The van der Waals surface area contributed by atoms with Gasteiger partial charge >= 0.3 is 5.97 Å². The van der Waals surface area contributed by atoms with E-state index in [4.69, 9.17) is 0 Å². The second-order valence-corrected chi connectivity index (χ2v) is 5.02. The van der Waals surface area contributed by atoms with Crippen LogP contribution in [-0.2, 0) is 0 Å². The fourth-order valence-corrected chi connectivity index (χ4v) is 2.65. The molecule has 0 amide bonds. The van der Waals surface area contributed by atoms with Gasteiger partial charge in [-0.3, -0.25) is 0 Å². The third kappa shape index (κ3) is 3.29. The van der Waals surface area contributed by atoms with Gasteiger partial charge in [-0.25, -0.2) is 4.79 Å². The Morgan fingerprint density at radius 3 is 2.72 bits per heavy atom. The van der Waals surface area contributed by atoms with Gasteiger partial charge in [0.05, 0.1) is 11.3 Å². The summed E-state index contributed by atoms with van der Waals surface area (Å²) in [6.07, 6.45) is 1.79. The van der Waals surface area contributed by atoms with Gasteiger partial charge in [0.25, 0.3) is 0 Å². The second-order valence-electron chi connectivity index (χ2n) is 3.72. The van der Waals surface area contributed by atoms with E-state index in [9.17, 15) is 9.90 Å². The van der Waals surface area contributed by atoms with E-state index in [2.05, 4.69) is 6.58 Å². The van der Waals surface area contributed by atoms with Gasteiger partial charge in [-0.05, 0) is 24.8 Å². The molecule has 1 aromatic rings. The molecule has 0 bridgehead atoms. The topological polar surface area (TPSA) is 40.5 Å². The first-order valence-corrected chi connectivity index (χ1v) is 6.99. The minimum Gasteiger partial charge on any atom is -0.478 e. The van der Waals surface area contributed by atoms with Crippen molar-refractivity contribution < 1.29 is 9.90 Å². The highest BCUT2D eigenvalue weighted by molar-refractivity contribution is 7.99. The largest absolute Gasteiger partial charge is 0.478 e. The molecule has 1 rings (SSSR count). The van der Waals surface area contributed by atoms with Gasteiger partial charge in [0.15, 0.2) is 0 Å². The van der Waals surface area contributed by atoms with Gasteiger partial charge in [0, 0.05) is 18.0 Å². The summed E-state index contributed by atoms with van der Waals surface area (Å²) < 4.78 is 0. The molecule has 1 aromatic carbocycles. The van der Waals surface area contributed by atoms with E-state index in [0.717, 1.165) is 22.9 Å². The van der Waals surface area contributed by atoms with Crippen LogP contribution in [0, 0.1) is 0 Å². The lowest BCUT2D eigenvalue weighted by Gasteiger charge is -2.24. The van der Waals surface area contributed by atoms with E-state index in [1.54, 1.807) is 17.8 Å². The lowest BCUT2D eigenvalue weighted by atomic mass is 10.1. The summed E-state index contributed by atoms with van der Waals surface area (Å²) in [7, 11) is 0. The third-order valence-corrected chi connectivity index (χ3v) is 3.53. The van der Waals surface area contributed by atoms with Gasteiger partial charge < -0.3 is 10.0 Å². The lowest BCUT2D eigenvalue weighted by Crippen LogP contribution is -2.25. The molecular formula is C14H19NO2S. The zero-order valence-electron chi connectivity index (χ0n) is 10.8. The molecule has 1 N–H and O–H groups in total. The fourth-order valence-electron chi connectivity index (χ4n) is 1.83. The first kappa shape index (κ1) is 14.6. The summed E-state index contributed by atoms with van der Waals surface area (Å²) in [6.45, 7) is 9.15. The van der Waals surface area contributed by atoms with Crippen molar-refractivity contribution >= 4 is 23.4 Å². The van der Waals surface area contributed by atoms with Crippen LogP contribution in [0.4, 0.5) is 5.69 Å². The maximum atomic E-state index is 11.5. The minimum atomic E-state index is -0.871. The first-order chi connectivity index (χ1) is 8.65. The van der Waals surface area contributed by atoms with E-state index in [0.29, 0.717) is 12.1 Å². The zero-order chi connectivity index (χ0) is 13.5. The van der Waals surface area contributed by atoms with Crippen LogP contribution in [-0.4, -0.2) is 29.9 Å². The Morgan fingerprint density at radius 1 is 1.50 bits per heavy atom. The Balaban J connectivity index is 3.28. The smallest absolute Gasteiger partial charge is 0.338 e. The second kappa shape index (κ2) is 7.11. The average Bonchev–Trinajstić information content (AvgIpc) is 2.35. The Bertz CT molecular complexity index is 432. The fraction of sp³-hybridized carbons (Fsp3) is 0.357. The van der Waals surface area contributed by atoms with Crippen molar-refractivity contribution in [1.29, 1.82) is 0 Å². The van der Waals surface area contributed by atoms with Crippen LogP contribution in [0.3, 0.4) is 0 Å². The molecule has 0 aliphatic carbocycles. The number of hydrogen-bond acceptors (Lipinski definition) is 3.